The molecule has 0 spiro atoms. The zero-order chi connectivity index (χ0) is 16.4. The summed E-state index contributed by atoms with van der Waals surface area (Å²) in [5.41, 5.74) is 7.36. The Bertz CT molecular complexity index is 725. The highest BCUT2D eigenvalue weighted by molar-refractivity contribution is 7.90. The maximum absolute atomic E-state index is 12.2. The third kappa shape index (κ3) is 4.40. The van der Waals surface area contributed by atoms with E-state index in [9.17, 15) is 16.8 Å². The standard InChI is InChI=1S/C12H21N3O4S2/c1-9-7-11(13)8-12(10(9)2)21(18,19)14-5-6-20(16,17)15(3)4/h7-8,14H,5-6,13H2,1-4H3. The van der Waals surface area contributed by atoms with Crippen LogP contribution in [0.15, 0.2) is 17.0 Å². The van der Waals surface area contributed by atoms with Crippen LogP contribution in [0.1, 0.15) is 11.1 Å². The van der Waals surface area contributed by atoms with Gasteiger partial charge in [-0.2, -0.15) is 0 Å². The fourth-order valence-electron chi connectivity index (χ4n) is 1.70. The first-order valence-electron chi connectivity index (χ1n) is 6.24. The summed E-state index contributed by atoms with van der Waals surface area (Å²) in [7, 11) is -4.45. The molecule has 7 nitrogen and oxygen atoms in total. The molecular weight excluding hydrogens is 314 g/mol. The van der Waals surface area contributed by atoms with Crippen LogP contribution in [0.3, 0.4) is 0 Å². The maximum atomic E-state index is 12.2. The minimum absolute atomic E-state index is 0.0715. The zero-order valence-corrected chi connectivity index (χ0v) is 14.2. The molecule has 0 aromatic heterocycles. The Hall–Kier alpha value is -1.16. The number of aryl methyl sites for hydroxylation is 1. The molecule has 1 aromatic rings. The number of hydrogen-bond acceptors (Lipinski definition) is 5. The van der Waals surface area contributed by atoms with Crippen molar-refractivity contribution in [1.29, 1.82) is 0 Å². The van der Waals surface area contributed by atoms with Crippen LogP contribution in [0.4, 0.5) is 5.69 Å². The number of benzene rings is 1. The quantitative estimate of drug-likeness (QED) is 0.714. The molecule has 0 bridgehead atoms. The van der Waals surface area contributed by atoms with E-state index in [0.717, 1.165) is 9.87 Å². The van der Waals surface area contributed by atoms with Crippen molar-refractivity contribution in [3.05, 3.63) is 23.3 Å². The van der Waals surface area contributed by atoms with Gasteiger partial charge < -0.3 is 5.73 Å². The van der Waals surface area contributed by atoms with Gasteiger partial charge in [0.1, 0.15) is 0 Å². The molecule has 120 valence electrons. The first-order chi connectivity index (χ1) is 9.47. The molecule has 0 amide bonds. The summed E-state index contributed by atoms with van der Waals surface area (Å²) in [5, 5.41) is 0. The van der Waals surface area contributed by atoms with Crippen LogP contribution >= 0.6 is 0 Å². The molecule has 3 N–H and O–H groups in total. The summed E-state index contributed by atoms with van der Waals surface area (Å²) in [6.45, 7) is 3.25. The van der Waals surface area contributed by atoms with Crippen LogP contribution in [0.5, 0.6) is 0 Å². The van der Waals surface area contributed by atoms with E-state index in [1.807, 2.05) is 0 Å². The van der Waals surface area contributed by atoms with Gasteiger partial charge in [-0.25, -0.2) is 25.9 Å². The summed E-state index contributed by atoms with van der Waals surface area (Å²) in [6, 6.07) is 3.05. The number of nitrogen functional groups attached to an aromatic ring is 1. The van der Waals surface area contributed by atoms with E-state index in [2.05, 4.69) is 4.72 Å². The molecule has 0 saturated heterocycles. The topological polar surface area (TPSA) is 110 Å². The highest BCUT2D eigenvalue weighted by atomic mass is 32.2. The van der Waals surface area contributed by atoms with Gasteiger partial charge in [-0.3, -0.25) is 0 Å². The molecule has 1 aromatic carbocycles. The van der Waals surface area contributed by atoms with Crippen molar-refractivity contribution in [2.75, 3.05) is 32.1 Å². The summed E-state index contributed by atoms with van der Waals surface area (Å²) in [5.74, 6) is -0.306. The molecule has 0 fully saturated rings. The number of sulfonamides is 2. The molecule has 0 atom stereocenters. The molecule has 9 heteroatoms. The first kappa shape index (κ1) is 17.9. The van der Waals surface area contributed by atoms with Crippen LogP contribution in [0, 0.1) is 13.8 Å². The van der Waals surface area contributed by atoms with Gasteiger partial charge in [0.25, 0.3) is 0 Å². The average molecular weight is 335 g/mol. The molecule has 0 aliphatic carbocycles. The number of anilines is 1. The number of nitrogens with zero attached hydrogens (tertiary/aromatic N) is 1. The Kier molecular flexibility index (Phi) is 5.37. The van der Waals surface area contributed by atoms with Crippen molar-refractivity contribution in [3.63, 3.8) is 0 Å². The molecular formula is C12H21N3O4S2. The largest absolute Gasteiger partial charge is 0.399 e. The van der Waals surface area contributed by atoms with Gasteiger partial charge >= 0.3 is 0 Å². The normalized spacial score (nSPS) is 12.8. The average Bonchev–Trinajstić information content (AvgIpc) is 2.32. The van der Waals surface area contributed by atoms with Crippen molar-refractivity contribution in [1.82, 2.24) is 9.03 Å². The van der Waals surface area contributed by atoms with E-state index in [-0.39, 0.29) is 17.2 Å². The van der Waals surface area contributed by atoms with Crippen molar-refractivity contribution in [2.45, 2.75) is 18.7 Å². The fourth-order valence-corrected chi connectivity index (χ4v) is 3.93. The van der Waals surface area contributed by atoms with Gasteiger partial charge in [0.05, 0.1) is 10.6 Å². The first-order valence-corrected chi connectivity index (χ1v) is 9.33. The van der Waals surface area contributed by atoms with Crippen LogP contribution < -0.4 is 10.5 Å². The van der Waals surface area contributed by atoms with Gasteiger partial charge in [-0.05, 0) is 37.1 Å². The number of hydrogen-bond donors (Lipinski definition) is 2. The third-order valence-corrected chi connectivity index (χ3v) is 6.56. The van der Waals surface area contributed by atoms with Crippen LogP contribution in [0.2, 0.25) is 0 Å². The predicted molar refractivity (Wildman–Crippen MR) is 83.0 cm³/mol. The Labute approximate surface area is 126 Å². The number of rotatable bonds is 6. The fraction of sp³-hybridized carbons (Fsp3) is 0.500. The van der Waals surface area contributed by atoms with Crippen LogP contribution in [0.25, 0.3) is 0 Å². The molecule has 21 heavy (non-hydrogen) atoms. The van der Waals surface area contributed by atoms with Crippen LogP contribution in [-0.2, 0) is 20.0 Å². The maximum Gasteiger partial charge on any atom is 0.240 e. The summed E-state index contributed by atoms with van der Waals surface area (Å²) in [4.78, 5) is 0.0715. The van der Waals surface area contributed by atoms with Gasteiger partial charge in [-0.1, -0.05) is 0 Å². The second-order valence-electron chi connectivity index (χ2n) is 4.96. The van der Waals surface area contributed by atoms with E-state index < -0.39 is 20.0 Å². The minimum atomic E-state index is -3.80. The van der Waals surface area contributed by atoms with E-state index in [0.29, 0.717) is 11.3 Å². The van der Waals surface area contributed by atoms with E-state index in [1.165, 1.54) is 20.2 Å². The predicted octanol–water partition coefficient (Wildman–Crippen LogP) is 0.0553. The summed E-state index contributed by atoms with van der Waals surface area (Å²) in [6.07, 6.45) is 0. The molecule has 0 aliphatic heterocycles. The van der Waals surface area contributed by atoms with Crippen molar-refractivity contribution in [3.8, 4) is 0 Å². The van der Waals surface area contributed by atoms with Crippen molar-refractivity contribution < 1.29 is 16.8 Å². The SMILES string of the molecule is Cc1cc(N)cc(S(=O)(=O)NCCS(=O)(=O)N(C)C)c1C. The molecule has 0 heterocycles. The third-order valence-electron chi connectivity index (χ3n) is 3.14. The Morgan fingerprint density at radius 1 is 1.14 bits per heavy atom. The van der Waals surface area contributed by atoms with Crippen LogP contribution in [-0.4, -0.2) is 47.5 Å². The van der Waals surface area contributed by atoms with Gasteiger partial charge in [-0.15, -0.1) is 0 Å². The lowest BCUT2D eigenvalue weighted by molar-refractivity contribution is 0.519. The zero-order valence-electron chi connectivity index (χ0n) is 12.5. The van der Waals surface area contributed by atoms with Gasteiger partial charge in [0.2, 0.25) is 20.0 Å². The second-order valence-corrected chi connectivity index (χ2v) is 8.99. The number of nitrogens with two attached hydrogens (primary N) is 1. The molecule has 0 aliphatic rings. The summed E-state index contributed by atoms with van der Waals surface area (Å²) >= 11 is 0. The lowest BCUT2D eigenvalue weighted by atomic mass is 10.1. The van der Waals surface area contributed by atoms with Crippen molar-refractivity contribution in [2.24, 2.45) is 0 Å². The van der Waals surface area contributed by atoms with E-state index >= 15 is 0 Å². The summed E-state index contributed by atoms with van der Waals surface area (Å²) < 4.78 is 51.0. The Morgan fingerprint density at radius 3 is 2.24 bits per heavy atom. The molecule has 0 saturated carbocycles. The number of nitrogens with one attached hydrogen (secondary N) is 1. The smallest absolute Gasteiger partial charge is 0.240 e. The lowest BCUT2D eigenvalue weighted by Gasteiger charge is -2.14. The Balaban J connectivity index is 2.94. The molecule has 0 radical (unpaired) electrons. The monoisotopic (exact) mass is 335 g/mol. The lowest BCUT2D eigenvalue weighted by Crippen LogP contribution is -2.34. The van der Waals surface area contributed by atoms with Gasteiger partial charge in [0, 0.05) is 26.3 Å². The Morgan fingerprint density at radius 2 is 1.71 bits per heavy atom. The minimum Gasteiger partial charge on any atom is -0.399 e. The highest BCUT2D eigenvalue weighted by Crippen LogP contribution is 2.22. The molecule has 1 rings (SSSR count). The van der Waals surface area contributed by atoms with E-state index in [4.69, 9.17) is 5.73 Å². The van der Waals surface area contributed by atoms with E-state index in [1.54, 1.807) is 19.9 Å². The van der Waals surface area contributed by atoms with Gasteiger partial charge in [0.15, 0.2) is 0 Å². The second kappa shape index (κ2) is 6.30. The molecule has 0 unspecified atom stereocenters. The van der Waals surface area contributed by atoms with Crippen molar-refractivity contribution >= 4 is 25.7 Å². The highest BCUT2D eigenvalue weighted by Gasteiger charge is 2.20.